The first-order valence-electron chi connectivity index (χ1n) is 6.73. The number of nitrogens with zero attached hydrogens (tertiary/aromatic N) is 2. The van der Waals surface area contributed by atoms with Crippen molar-refractivity contribution >= 4 is 23.4 Å². The number of rotatable bonds is 5. The van der Waals surface area contributed by atoms with Gasteiger partial charge in [-0.25, -0.2) is 0 Å². The molecule has 0 aliphatic carbocycles. The maximum Gasteiger partial charge on any atom is 0.229 e. The van der Waals surface area contributed by atoms with Crippen molar-refractivity contribution in [1.29, 1.82) is 0 Å². The molecule has 1 heterocycles. The SMILES string of the molecule is CC(C)(C)C(O)Cc1nc(CSc2ccccc2Cl)no1. The van der Waals surface area contributed by atoms with E-state index in [1.165, 1.54) is 0 Å². The highest BCUT2D eigenvalue weighted by Gasteiger charge is 2.24. The summed E-state index contributed by atoms with van der Waals surface area (Å²) in [4.78, 5) is 5.29. The van der Waals surface area contributed by atoms with Crippen molar-refractivity contribution in [2.24, 2.45) is 5.41 Å². The fourth-order valence-electron chi connectivity index (χ4n) is 1.61. The van der Waals surface area contributed by atoms with Crippen LogP contribution in [0.25, 0.3) is 0 Å². The smallest absolute Gasteiger partial charge is 0.229 e. The quantitative estimate of drug-likeness (QED) is 0.843. The van der Waals surface area contributed by atoms with Crippen molar-refractivity contribution in [2.45, 2.75) is 43.9 Å². The fourth-order valence-corrected chi connectivity index (χ4v) is 2.69. The van der Waals surface area contributed by atoms with E-state index in [9.17, 15) is 5.11 Å². The Morgan fingerprint density at radius 2 is 2.05 bits per heavy atom. The van der Waals surface area contributed by atoms with E-state index in [0.29, 0.717) is 23.9 Å². The lowest BCUT2D eigenvalue weighted by atomic mass is 9.87. The number of thioether (sulfide) groups is 1. The van der Waals surface area contributed by atoms with Gasteiger partial charge in [-0.2, -0.15) is 4.98 Å². The third-order valence-corrected chi connectivity index (χ3v) is 4.58. The van der Waals surface area contributed by atoms with Gasteiger partial charge in [0.15, 0.2) is 5.82 Å². The molecule has 1 aromatic heterocycles. The summed E-state index contributed by atoms with van der Waals surface area (Å²) >= 11 is 7.66. The highest BCUT2D eigenvalue weighted by molar-refractivity contribution is 7.98. The van der Waals surface area contributed by atoms with Gasteiger partial charge >= 0.3 is 0 Å². The molecule has 4 nitrogen and oxygen atoms in total. The molecule has 0 fully saturated rings. The molecule has 0 saturated carbocycles. The van der Waals surface area contributed by atoms with E-state index in [-0.39, 0.29) is 5.41 Å². The second-order valence-electron chi connectivity index (χ2n) is 5.91. The Labute approximate surface area is 133 Å². The van der Waals surface area contributed by atoms with Crippen LogP contribution in [-0.4, -0.2) is 21.4 Å². The largest absolute Gasteiger partial charge is 0.392 e. The minimum atomic E-state index is -0.512. The molecule has 0 amide bonds. The minimum absolute atomic E-state index is 0.207. The van der Waals surface area contributed by atoms with Crippen molar-refractivity contribution in [1.82, 2.24) is 10.1 Å². The predicted octanol–water partition coefficient (Wildman–Crippen LogP) is 3.96. The Morgan fingerprint density at radius 1 is 1.33 bits per heavy atom. The van der Waals surface area contributed by atoms with E-state index in [4.69, 9.17) is 16.1 Å². The van der Waals surface area contributed by atoms with Gasteiger partial charge in [-0.05, 0) is 17.5 Å². The molecule has 114 valence electrons. The van der Waals surface area contributed by atoms with Crippen LogP contribution in [0.2, 0.25) is 5.02 Å². The molecule has 0 saturated heterocycles. The number of aliphatic hydroxyl groups is 1. The summed E-state index contributed by atoms with van der Waals surface area (Å²) in [7, 11) is 0. The monoisotopic (exact) mass is 326 g/mol. The molecule has 1 aromatic carbocycles. The third kappa shape index (κ3) is 4.73. The maximum absolute atomic E-state index is 10.0. The van der Waals surface area contributed by atoms with Gasteiger partial charge in [-0.1, -0.05) is 49.7 Å². The molecule has 2 rings (SSSR count). The Bertz CT molecular complexity index is 595. The fraction of sp³-hybridized carbons (Fsp3) is 0.467. The predicted molar refractivity (Wildman–Crippen MR) is 84.5 cm³/mol. The number of benzene rings is 1. The topological polar surface area (TPSA) is 59.2 Å². The molecule has 1 unspecified atom stereocenters. The molecule has 0 spiro atoms. The van der Waals surface area contributed by atoms with Gasteiger partial charge in [0.25, 0.3) is 0 Å². The first-order chi connectivity index (χ1) is 9.86. The van der Waals surface area contributed by atoms with E-state index in [1.807, 2.05) is 45.0 Å². The van der Waals surface area contributed by atoms with Gasteiger partial charge in [0.2, 0.25) is 5.89 Å². The first-order valence-corrected chi connectivity index (χ1v) is 8.09. The lowest BCUT2D eigenvalue weighted by molar-refractivity contribution is 0.0565. The second kappa shape index (κ2) is 6.81. The van der Waals surface area contributed by atoms with Gasteiger partial charge in [0.1, 0.15) is 0 Å². The van der Waals surface area contributed by atoms with Crippen molar-refractivity contribution < 1.29 is 9.63 Å². The van der Waals surface area contributed by atoms with Crippen molar-refractivity contribution in [3.05, 3.63) is 41.0 Å². The van der Waals surface area contributed by atoms with Crippen LogP contribution in [0, 0.1) is 5.41 Å². The standard InChI is InChI=1S/C15H19ClN2O2S/c1-15(2,3)12(19)8-14-17-13(18-20-14)9-21-11-7-5-4-6-10(11)16/h4-7,12,19H,8-9H2,1-3H3. The van der Waals surface area contributed by atoms with Crippen LogP contribution in [0.15, 0.2) is 33.7 Å². The van der Waals surface area contributed by atoms with Crippen LogP contribution in [0.3, 0.4) is 0 Å². The summed E-state index contributed by atoms with van der Waals surface area (Å²) in [6.07, 6.45) is -0.144. The van der Waals surface area contributed by atoms with E-state index in [1.54, 1.807) is 11.8 Å². The summed E-state index contributed by atoms with van der Waals surface area (Å²) in [6.45, 7) is 5.92. The average Bonchev–Trinajstić information content (AvgIpc) is 2.84. The van der Waals surface area contributed by atoms with Crippen molar-refractivity contribution in [2.75, 3.05) is 0 Å². The third-order valence-electron chi connectivity index (χ3n) is 3.07. The molecule has 0 radical (unpaired) electrons. The zero-order chi connectivity index (χ0) is 15.5. The molecule has 2 aromatic rings. The van der Waals surface area contributed by atoms with Gasteiger partial charge in [0.05, 0.1) is 23.3 Å². The highest BCUT2D eigenvalue weighted by Crippen LogP contribution is 2.29. The molecule has 0 aliphatic heterocycles. The van der Waals surface area contributed by atoms with Gasteiger partial charge < -0.3 is 9.63 Å². The number of aromatic nitrogens is 2. The van der Waals surface area contributed by atoms with E-state index in [0.717, 1.165) is 9.92 Å². The molecular formula is C15H19ClN2O2S. The normalized spacial score (nSPS) is 13.4. The number of hydrogen-bond acceptors (Lipinski definition) is 5. The van der Waals surface area contributed by atoms with Crippen LogP contribution in [0.1, 0.15) is 32.5 Å². The summed E-state index contributed by atoms with van der Waals surface area (Å²) in [5.74, 6) is 1.65. The molecule has 1 N–H and O–H groups in total. The lowest BCUT2D eigenvalue weighted by Gasteiger charge is -2.24. The second-order valence-corrected chi connectivity index (χ2v) is 7.33. The van der Waals surface area contributed by atoms with Crippen molar-refractivity contribution in [3.63, 3.8) is 0 Å². The van der Waals surface area contributed by atoms with Crippen molar-refractivity contribution in [3.8, 4) is 0 Å². The molecule has 0 bridgehead atoms. The molecule has 1 atom stereocenters. The molecule has 21 heavy (non-hydrogen) atoms. The molecule has 6 heteroatoms. The first kappa shape index (κ1) is 16.3. The molecule has 0 aliphatic rings. The lowest BCUT2D eigenvalue weighted by Crippen LogP contribution is -2.28. The average molecular weight is 327 g/mol. The zero-order valence-corrected chi connectivity index (χ0v) is 13.9. The van der Waals surface area contributed by atoms with E-state index < -0.39 is 6.10 Å². The van der Waals surface area contributed by atoms with Crippen LogP contribution < -0.4 is 0 Å². The van der Waals surface area contributed by atoms with Crippen LogP contribution in [0.5, 0.6) is 0 Å². The van der Waals surface area contributed by atoms with Crippen LogP contribution in [-0.2, 0) is 12.2 Å². The summed E-state index contributed by atoms with van der Waals surface area (Å²) < 4.78 is 5.18. The maximum atomic E-state index is 10.0. The number of halogens is 1. The van der Waals surface area contributed by atoms with Gasteiger partial charge in [-0.3, -0.25) is 0 Å². The Kier molecular flexibility index (Phi) is 5.30. The van der Waals surface area contributed by atoms with E-state index >= 15 is 0 Å². The molecular weight excluding hydrogens is 308 g/mol. The number of aliphatic hydroxyl groups excluding tert-OH is 1. The zero-order valence-electron chi connectivity index (χ0n) is 12.3. The highest BCUT2D eigenvalue weighted by atomic mass is 35.5. The van der Waals surface area contributed by atoms with Crippen LogP contribution >= 0.6 is 23.4 Å². The van der Waals surface area contributed by atoms with Crippen LogP contribution in [0.4, 0.5) is 0 Å². The Balaban J connectivity index is 1.93. The summed E-state index contributed by atoms with van der Waals surface area (Å²) in [5, 5.41) is 14.7. The van der Waals surface area contributed by atoms with E-state index in [2.05, 4.69) is 10.1 Å². The van der Waals surface area contributed by atoms with Gasteiger partial charge in [-0.15, -0.1) is 11.8 Å². The minimum Gasteiger partial charge on any atom is -0.392 e. The Morgan fingerprint density at radius 3 is 2.71 bits per heavy atom. The van der Waals surface area contributed by atoms with Gasteiger partial charge in [0, 0.05) is 4.90 Å². The number of hydrogen-bond donors (Lipinski definition) is 1. The Hall–Kier alpha value is -1.04. The summed E-state index contributed by atoms with van der Waals surface area (Å²) in [6, 6.07) is 7.64. The summed E-state index contributed by atoms with van der Waals surface area (Å²) in [5.41, 5.74) is -0.207.